The molecule has 0 aromatic heterocycles. The van der Waals surface area contributed by atoms with Gasteiger partial charge in [-0.1, -0.05) is 44.2 Å². The predicted molar refractivity (Wildman–Crippen MR) is 108 cm³/mol. The molecule has 1 heterocycles. The van der Waals surface area contributed by atoms with Gasteiger partial charge in [-0.15, -0.1) is 0 Å². The van der Waals surface area contributed by atoms with E-state index in [1.807, 2.05) is 59.5 Å². The highest BCUT2D eigenvalue weighted by atomic mass is 16.2. The zero-order chi connectivity index (χ0) is 19.2. The van der Waals surface area contributed by atoms with Crippen LogP contribution >= 0.6 is 0 Å². The Bertz CT molecular complexity index is 764. The highest BCUT2D eigenvalue weighted by Crippen LogP contribution is 2.16. The molecular weight excluding hydrogens is 338 g/mol. The van der Waals surface area contributed by atoms with E-state index in [2.05, 4.69) is 24.1 Å². The Morgan fingerprint density at radius 2 is 1.56 bits per heavy atom. The third-order valence-electron chi connectivity index (χ3n) is 4.91. The zero-order valence-electron chi connectivity index (χ0n) is 16.0. The maximum Gasteiger partial charge on any atom is 0.253 e. The number of nitrogens with zero attached hydrogens (tertiary/aromatic N) is 2. The number of hydrogen-bond donors (Lipinski definition) is 1. The molecule has 0 radical (unpaired) electrons. The fourth-order valence-electron chi connectivity index (χ4n) is 3.23. The lowest BCUT2D eigenvalue weighted by atomic mass is 10.0. The number of carbonyl (C=O) groups excluding carboxylic acids is 2. The predicted octanol–water partition coefficient (Wildman–Crippen LogP) is 3.21. The van der Waals surface area contributed by atoms with E-state index in [4.69, 9.17) is 0 Å². The van der Waals surface area contributed by atoms with E-state index >= 15 is 0 Å². The Hall–Kier alpha value is -2.66. The molecule has 0 unspecified atom stereocenters. The lowest BCUT2D eigenvalue weighted by Gasteiger charge is -2.34. The Morgan fingerprint density at radius 1 is 0.926 bits per heavy atom. The normalized spacial score (nSPS) is 15.0. The summed E-state index contributed by atoms with van der Waals surface area (Å²) in [6.45, 7) is 7.33. The van der Waals surface area contributed by atoms with Gasteiger partial charge in [-0.05, 0) is 35.7 Å². The second kappa shape index (κ2) is 8.82. The van der Waals surface area contributed by atoms with Crippen molar-refractivity contribution >= 4 is 17.5 Å². The van der Waals surface area contributed by atoms with Crippen molar-refractivity contribution in [3.05, 3.63) is 65.7 Å². The smallest absolute Gasteiger partial charge is 0.253 e. The Balaban J connectivity index is 1.48. The van der Waals surface area contributed by atoms with Gasteiger partial charge in [0.15, 0.2) is 0 Å². The summed E-state index contributed by atoms with van der Waals surface area (Å²) in [5, 5.41) is 2.90. The van der Waals surface area contributed by atoms with Crippen LogP contribution in [0.25, 0.3) is 0 Å². The molecule has 142 valence electrons. The molecule has 1 saturated heterocycles. The van der Waals surface area contributed by atoms with Gasteiger partial charge in [-0.3, -0.25) is 14.5 Å². The summed E-state index contributed by atoms with van der Waals surface area (Å²) < 4.78 is 0. The fraction of sp³-hybridized carbons (Fsp3) is 0.364. The van der Waals surface area contributed by atoms with Crippen LogP contribution in [0.4, 0.5) is 5.69 Å². The van der Waals surface area contributed by atoms with Crippen molar-refractivity contribution in [2.24, 2.45) is 0 Å². The highest BCUT2D eigenvalue weighted by Gasteiger charge is 2.23. The largest absolute Gasteiger partial charge is 0.336 e. The molecule has 2 aromatic carbocycles. The van der Waals surface area contributed by atoms with Crippen molar-refractivity contribution in [1.29, 1.82) is 0 Å². The van der Waals surface area contributed by atoms with Crippen molar-refractivity contribution in [3.63, 3.8) is 0 Å². The fourth-order valence-corrected chi connectivity index (χ4v) is 3.23. The standard InChI is InChI=1S/C22H27N3O2/c1-17(2)18-8-10-19(11-9-18)22(27)25-14-12-24(13-15-25)16-21(26)23-20-6-4-3-5-7-20/h3-11,17H,12-16H2,1-2H3,(H,23,26). The molecule has 0 atom stereocenters. The van der Waals surface area contributed by atoms with Crippen LogP contribution in [0.3, 0.4) is 0 Å². The van der Waals surface area contributed by atoms with Crippen molar-refractivity contribution < 1.29 is 9.59 Å². The van der Waals surface area contributed by atoms with Gasteiger partial charge in [0, 0.05) is 37.4 Å². The van der Waals surface area contributed by atoms with Gasteiger partial charge in [0.05, 0.1) is 6.54 Å². The number of benzene rings is 2. The molecule has 5 heteroatoms. The summed E-state index contributed by atoms with van der Waals surface area (Å²) in [6, 6.07) is 17.3. The minimum atomic E-state index is -0.0229. The summed E-state index contributed by atoms with van der Waals surface area (Å²) in [7, 11) is 0. The second-order valence-electron chi connectivity index (χ2n) is 7.26. The molecule has 2 amide bonds. The van der Waals surface area contributed by atoms with Crippen LogP contribution in [-0.2, 0) is 4.79 Å². The Labute approximate surface area is 161 Å². The monoisotopic (exact) mass is 365 g/mol. The third-order valence-corrected chi connectivity index (χ3v) is 4.91. The Morgan fingerprint density at radius 3 is 2.15 bits per heavy atom. The Kier molecular flexibility index (Phi) is 6.24. The minimum Gasteiger partial charge on any atom is -0.336 e. The van der Waals surface area contributed by atoms with Crippen LogP contribution in [0.1, 0.15) is 35.7 Å². The molecule has 0 aliphatic carbocycles. The van der Waals surface area contributed by atoms with Crippen LogP contribution in [0.2, 0.25) is 0 Å². The molecule has 27 heavy (non-hydrogen) atoms. The molecular formula is C22H27N3O2. The van der Waals surface area contributed by atoms with Gasteiger partial charge in [0.1, 0.15) is 0 Å². The van der Waals surface area contributed by atoms with E-state index in [0.717, 1.165) is 11.3 Å². The zero-order valence-corrected chi connectivity index (χ0v) is 16.0. The topological polar surface area (TPSA) is 52.7 Å². The van der Waals surface area contributed by atoms with Crippen LogP contribution in [-0.4, -0.2) is 54.3 Å². The number of para-hydroxylation sites is 1. The first-order valence-corrected chi connectivity index (χ1v) is 9.49. The third kappa shape index (κ3) is 5.17. The number of anilines is 1. The summed E-state index contributed by atoms with van der Waals surface area (Å²) >= 11 is 0. The number of piperazine rings is 1. The lowest BCUT2D eigenvalue weighted by molar-refractivity contribution is -0.117. The molecule has 0 bridgehead atoms. The van der Waals surface area contributed by atoms with Gasteiger partial charge in [0.25, 0.3) is 5.91 Å². The first kappa shape index (κ1) is 19.1. The summed E-state index contributed by atoms with van der Waals surface area (Å²) in [5.41, 5.74) is 2.77. The molecule has 0 spiro atoms. The van der Waals surface area contributed by atoms with Crippen molar-refractivity contribution in [3.8, 4) is 0 Å². The van der Waals surface area contributed by atoms with Gasteiger partial charge in [-0.25, -0.2) is 0 Å². The minimum absolute atomic E-state index is 0.0229. The van der Waals surface area contributed by atoms with Crippen molar-refractivity contribution in [2.75, 3.05) is 38.0 Å². The van der Waals surface area contributed by atoms with Crippen molar-refractivity contribution in [1.82, 2.24) is 9.80 Å². The van der Waals surface area contributed by atoms with E-state index in [-0.39, 0.29) is 11.8 Å². The quantitative estimate of drug-likeness (QED) is 0.885. The molecule has 1 aliphatic heterocycles. The summed E-state index contributed by atoms with van der Waals surface area (Å²) in [5.74, 6) is 0.503. The molecule has 5 nitrogen and oxygen atoms in total. The van der Waals surface area contributed by atoms with Crippen LogP contribution < -0.4 is 5.32 Å². The number of rotatable bonds is 5. The van der Waals surface area contributed by atoms with E-state index in [0.29, 0.717) is 38.6 Å². The van der Waals surface area contributed by atoms with E-state index < -0.39 is 0 Å². The molecule has 1 fully saturated rings. The number of amides is 2. The van der Waals surface area contributed by atoms with E-state index in [1.165, 1.54) is 5.56 Å². The van der Waals surface area contributed by atoms with E-state index in [9.17, 15) is 9.59 Å². The molecule has 0 saturated carbocycles. The maximum atomic E-state index is 12.7. The van der Waals surface area contributed by atoms with Crippen LogP contribution in [0, 0.1) is 0 Å². The SMILES string of the molecule is CC(C)c1ccc(C(=O)N2CCN(CC(=O)Nc3ccccc3)CC2)cc1. The number of carbonyl (C=O) groups is 2. The summed E-state index contributed by atoms with van der Waals surface area (Å²) in [6.07, 6.45) is 0. The van der Waals surface area contributed by atoms with Gasteiger partial charge >= 0.3 is 0 Å². The summed E-state index contributed by atoms with van der Waals surface area (Å²) in [4.78, 5) is 28.8. The molecule has 1 N–H and O–H groups in total. The van der Waals surface area contributed by atoms with Gasteiger partial charge < -0.3 is 10.2 Å². The number of hydrogen-bond acceptors (Lipinski definition) is 3. The van der Waals surface area contributed by atoms with E-state index in [1.54, 1.807) is 0 Å². The highest BCUT2D eigenvalue weighted by molar-refractivity contribution is 5.94. The second-order valence-corrected chi connectivity index (χ2v) is 7.26. The lowest BCUT2D eigenvalue weighted by Crippen LogP contribution is -2.50. The maximum absolute atomic E-state index is 12.7. The van der Waals surface area contributed by atoms with Gasteiger partial charge in [0.2, 0.25) is 5.91 Å². The number of nitrogens with one attached hydrogen (secondary N) is 1. The van der Waals surface area contributed by atoms with Crippen LogP contribution in [0.15, 0.2) is 54.6 Å². The molecule has 2 aromatic rings. The average molecular weight is 365 g/mol. The average Bonchev–Trinajstić information content (AvgIpc) is 2.69. The molecule has 1 aliphatic rings. The van der Waals surface area contributed by atoms with Crippen LogP contribution in [0.5, 0.6) is 0 Å². The first-order valence-electron chi connectivity index (χ1n) is 9.49. The first-order chi connectivity index (χ1) is 13.0. The van der Waals surface area contributed by atoms with Crippen molar-refractivity contribution in [2.45, 2.75) is 19.8 Å². The van der Waals surface area contributed by atoms with Gasteiger partial charge in [-0.2, -0.15) is 0 Å². The molecule has 3 rings (SSSR count).